The molecule has 2 rings (SSSR count). The Balaban J connectivity index is 2.22. The van der Waals surface area contributed by atoms with Gasteiger partial charge in [-0.05, 0) is 38.8 Å². The van der Waals surface area contributed by atoms with Crippen LogP contribution in [0.15, 0.2) is 18.2 Å². The van der Waals surface area contributed by atoms with E-state index in [0.29, 0.717) is 6.04 Å². The lowest BCUT2D eigenvalue weighted by Crippen LogP contribution is -2.38. The van der Waals surface area contributed by atoms with E-state index in [-0.39, 0.29) is 10.6 Å². The Labute approximate surface area is 126 Å². The average Bonchev–Trinajstić information content (AvgIpc) is 2.96. The monoisotopic (exact) mass is 291 g/mol. The Hall–Kier alpha value is -1.62. The van der Waals surface area contributed by atoms with E-state index in [0.717, 1.165) is 43.7 Å². The first-order valence-electron chi connectivity index (χ1n) is 7.85. The SMILES string of the molecule is CCCCN(CC1CCCN1)c1cccc([N+](=O)[O-])c1C. The van der Waals surface area contributed by atoms with E-state index in [9.17, 15) is 10.1 Å². The average molecular weight is 291 g/mol. The first-order valence-corrected chi connectivity index (χ1v) is 7.85. The number of unbranched alkanes of at least 4 members (excludes halogenated alkanes) is 1. The highest BCUT2D eigenvalue weighted by Gasteiger charge is 2.21. The normalized spacial score (nSPS) is 17.9. The number of anilines is 1. The lowest BCUT2D eigenvalue weighted by atomic mass is 10.1. The topological polar surface area (TPSA) is 58.4 Å². The summed E-state index contributed by atoms with van der Waals surface area (Å²) in [4.78, 5) is 13.2. The van der Waals surface area contributed by atoms with Crippen molar-refractivity contribution in [2.24, 2.45) is 0 Å². The molecule has 0 radical (unpaired) electrons. The van der Waals surface area contributed by atoms with Crippen LogP contribution in [-0.4, -0.2) is 30.6 Å². The zero-order valence-electron chi connectivity index (χ0n) is 13.0. The second kappa shape index (κ2) is 7.41. The highest BCUT2D eigenvalue weighted by Crippen LogP contribution is 2.29. The molecule has 0 aliphatic carbocycles. The highest BCUT2D eigenvalue weighted by molar-refractivity contribution is 5.61. The predicted molar refractivity (Wildman–Crippen MR) is 86.0 cm³/mol. The number of benzene rings is 1. The summed E-state index contributed by atoms with van der Waals surface area (Å²) < 4.78 is 0. The van der Waals surface area contributed by atoms with Gasteiger partial charge >= 0.3 is 0 Å². The van der Waals surface area contributed by atoms with Crippen LogP contribution >= 0.6 is 0 Å². The van der Waals surface area contributed by atoms with Crippen LogP contribution in [-0.2, 0) is 0 Å². The van der Waals surface area contributed by atoms with Crippen LogP contribution in [0.2, 0.25) is 0 Å². The molecule has 1 heterocycles. The third-order valence-electron chi connectivity index (χ3n) is 4.20. The highest BCUT2D eigenvalue weighted by atomic mass is 16.6. The van der Waals surface area contributed by atoms with E-state index < -0.39 is 0 Å². The van der Waals surface area contributed by atoms with Crippen molar-refractivity contribution in [3.8, 4) is 0 Å². The van der Waals surface area contributed by atoms with Crippen molar-refractivity contribution < 1.29 is 4.92 Å². The van der Waals surface area contributed by atoms with Crippen LogP contribution in [0.4, 0.5) is 11.4 Å². The Morgan fingerprint density at radius 3 is 2.90 bits per heavy atom. The molecule has 1 N–H and O–H groups in total. The molecule has 1 aliphatic heterocycles. The van der Waals surface area contributed by atoms with Gasteiger partial charge in [0.05, 0.1) is 10.5 Å². The number of nitrogens with one attached hydrogen (secondary N) is 1. The number of nitrogens with zero attached hydrogens (tertiary/aromatic N) is 2. The molecule has 0 amide bonds. The number of hydrogen-bond acceptors (Lipinski definition) is 4. The minimum atomic E-state index is -0.287. The Bertz CT molecular complexity index is 484. The number of nitro groups is 1. The van der Waals surface area contributed by atoms with Gasteiger partial charge < -0.3 is 10.2 Å². The molecule has 1 saturated heterocycles. The van der Waals surface area contributed by atoms with Crippen molar-refractivity contribution in [2.45, 2.75) is 45.6 Å². The van der Waals surface area contributed by atoms with Gasteiger partial charge in [-0.25, -0.2) is 0 Å². The number of rotatable bonds is 7. The van der Waals surface area contributed by atoms with Crippen molar-refractivity contribution in [2.75, 3.05) is 24.5 Å². The summed E-state index contributed by atoms with van der Waals surface area (Å²) in [7, 11) is 0. The lowest BCUT2D eigenvalue weighted by Gasteiger charge is -2.29. The van der Waals surface area contributed by atoms with Crippen molar-refractivity contribution in [3.05, 3.63) is 33.9 Å². The molecule has 5 nitrogen and oxygen atoms in total. The molecular weight excluding hydrogens is 266 g/mol. The van der Waals surface area contributed by atoms with Gasteiger partial charge in [-0.2, -0.15) is 0 Å². The van der Waals surface area contributed by atoms with Gasteiger partial charge in [0.25, 0.3) is 5.69 Å². The summed E-state index contributed by atoms with van der Waals surface area (Å²) in [6.07, 6.45) is 4.65. The lowest BCUT2D eigenvalue weighted by molar-refractivity contribution is -0.385. The summed E-state index contributed by atoms with van der Waals surface area (Å²) in [6.45, 7) is 7.00. The third kappa shape index (κ3) is 3.94. The van der Waals surface area contributed by atoms with Crippen LogP contribution < -0.4 is 10.2 Å². The van der Waals surface area contributed by atoms with Gasteiger partial charge in [-0.15, -0.1) is 0 Å². The minimum absolute atomic E-state index is 0.216. The summed E-state index contributed by atoms with van der Waals surface area (Å²) in [6, 6.07) is 5.89. The maximum atomic E-state index is 11.1. The molecule has 0 aromatic heterocycles. The zero-order chi connectivity index (χ0) is 15.2. The molecular formula is C16H25N3O2. The van der Waals surface area contributed by atoms with Crippen molar-refractivity contribution in [3.63, 3.8) is 0 Å². The Morgan fingerprint density at radius 1 is 1.48 bits per heavy atom. The van der Waals surface area contributed by atoms with E-state index >= 15 is 0 Å². The fraction of sp³-hybridized carbons (Fsp3) is 0.625. The molecule has 1 aromatic carbocycles. The maximum Gasteiger partial charge on any atom is 0.274 e. The van der Waals surface area contributed by atoms with Crippen molar-refractivity contribution >= 4 is 11.4 Å². The zero-order valence-corrected chi connectivity index (χ0v) is 13.0. The Kier molecular flexibility index (Phi) is 5.56. The van der Waals surface area contributed by atoms with Crippen LogP contribution in [0.25, 0.3) is 0 Å². The standard InChI is InChI=1S/C16H25N3O2/c1-3-4-11-18(12-14-7-6-10-17-14)15-8-5-9-16(13(15)2)19(20)21/h5,8-9,14,17H,3-4,6-7,10-12H2,1-2H3. The number of hydrogen-bond donors (Lipinski definition) is 1. The van der Waals surface area contributed by atoms with E-state index in [4.69, 9.17) is 0 Å². The smallest absolute Gasteiger partial charge is 0.274 e. The largest absolute Gasteiger partial charge is 0.370 e. The van der Waals surface area contributed by atoms with Crippen LogP contribution in [0.5, 0.6) is 0 Å². The van der Waals surface area contributed by atoms with Gasteiger partial charge in [0.15, 0.2) is 0 Å². The van der Waals surface area contributed by atoms with E-state index in [2.05, 4.69) is 17.1 Å². The molecule has 5 heteroatoms. The molecule has 0 spiro atoms. The Morgan fingerprint density at radius 2 is 2.29 bits per heavy atom. The van der Waals surface area contributed by atoms with Crippen molar-refractivity contribution in [1.82, 2.24) is 5.32 Å². The van der Waals surface area contributed by atoms with Gasteiger partial charge in [0, 0.05) is 30.9 Å². The third-order valence-corrected chi connectivity index (χ3v) is 4.20. The summed E-state index contributed by atoms with van der Waals surface area (Å²) in [5, 5.41) is 14.6. The molecule has 116 valence electrons. The molecule has 1 fully saturated rings. The molecule has 1 unspecified atom stereocenters. The van der Waals surface area contributed by atoms with Gasteiger partial charge in [0.1, 0.15) is 0 Å². The quantitative estimate of drug-likeness (QED) is 0.619. The first-order chi connectivity index (χ1) is 10.1. The van der Waals surface area contributed by atoms with Gasteiger partial charge in [-0.3, -0.25) is 10.1 Å². The van der Waals surface area contributed by atoms with Crippen LogP contribution in [0.3, 0.4) is 0 Å². The van der Waals surface area contributed by atoms with Gasteiger partial charge in [0.2, 0.25) is 0 Å². The second-order valence-corrected chi connectivity index (χ2v) is 5.77. The van der Waals surface area contributed by atoms with Crippen LogP contribution in [0.1, 0.15) is 38.2 Å². The summed E-state index contributed by atoms with van der Waals surface area (Å²) >= 11 is 0. The summed E-state index contributed by atoms with van der Waals surface area (Å²) in [5.74, 6) is 0. The van der Waals surface area contributed by atoms with E-state index in [1.165, 1.54) is 12.8 Å². The predicted octanol–water partition coefficient (Wildman–Crippen LogP) is 3.26. The van der Waals surface area contributed by atoms with Gasteiger partial charge in [-0.1, -0.05) is 19.4 Å². The fourth-order valence-corrected chi connectivity index (χ4v) is 2.99. The number of nitro benzene ring substituents is 1. The van der Waals surface area contributed by atoms with Crippen LogP contribution in [0, 0.1) is 17.0 Å². The fourth-order valence-electron chi connectivity index (χ4n) is 2.99. The maximum absolute atomic E-state index is 11.1. The summed E-state index contributed by atoms with van der Waals surface area (Å²) in [5.41, 5.74) is 2.00. The molecule has 1 atom stereocenters. The van der Waals surface area contributed by atoms with Crippen molar-refractivity contribution in [1.29, 1.82) is 0 Å². The van der Waals surface area contributed by atoms with E-state index in [1.54, 1.807) is 12.1 Å². The second-order valence-electron chi connectivity index (χ2n) is 5.77. The van der Waals surface area contributed by atoms with E-state index in [1.807, 2.05) is 13.0 Å². The molecule has 0 saturated carbocycles. The molecule has 0 bridgehead atoms. The minimum Gasteiger partial charge on any atom is -0.370 e. The molecule has 1 aromatic rings. The molecule has 21 heavy (non-hydrogen) atoms. The molecule has 1 aliphatic rings. The first kappa shape index (κ1) is 15.8.